The third kappa shape index (κ3) is 4.56. The van der Waals surface area contributed by atoms with E-state index in [1.165, 1.54) is 32.9 Å². The zero-order valence-electron chi connectivity index (χ0n) is 17.0. The van der Waals surface area contributed by atoms with Crippen LogP contribution in [0.3, 0.4) is 0 Å². The molecule has 1 N–H and O–H groups in total. The quantitative estimate of drug-likeness (QED) is 0.701. The van der Waals surface area contributed by atoms with E-state index in [4.69, 9.17) is 0 Å². The molecule has 3 fully saturated rings. The number of hydrogen-bond donors (Lipinski definition) is 1. The van der Waals surface area contributed by atoms with Crippen LogP contribution in [0.25, 0.3) is 0 Å². The topological polar surface area (TPSA) is 104 Å². The predicted octanol–water partition coefficient (Wildman–Crippen LogP) is 1.54. The first-order chi connectivity index (χ1) is 14.3. The summed E-state index contributed by atoms with van der Waals surface area (Å²) >= 11 is 0. The summed E-state index contributed by atoms with van der Waals surface area (Å²) in [5.41, 5.74) is 0. The molecule has 3 aliphatic rings. The lowest BCUT2D eigenvalue weighted by Crippen LogP contribution is -2.45. The minimum Gasteiger partial charge on any atom is -0.353 e. The number of rotatable bonds is 6. The molecular weight excluding hydrogens is 426 g/mol. The Bertz CT molecular complexity index is 982. The van der Waals surface area contributed by atoms with Gasteiger partial charge in [0.25, 0.3) is 0 Å². The van der Waals surface area contributed by atoms with Crippen LogP contribution >= 0.6 is 0 Å². The first kappa shape index (κ1) is 21.7. The van der Waals surface area contributed by atoms with E-state index in [0.29, 0.717) is 32.5 Å². The van der Waals surface area contributed by atoms with Gasteiger partial charge in [-0.3, -0.25) is 4.79 Å². The van der Waals surface area contributed by atoms with Crippen LogP contribution in [-0.2, 0) is 24.8 Å². The van der Waals surface area contributed by atoms with Gasteiger partial charge in [0.15, 0.2) is 0 Å². The molecule has 2 saturated heterocycles. The van der Waals surface area contributed by atoms with Crippen molar-refractivity contribution in [3.05, 3.63) is 24.3 Å². The highest BCUT2D eigenvalue weighted by Crippen LogP contribution is 2.27. The molecule has 2 aliphatic heterocycles. The van der Waals surface area contributed by atoms with Crippen LogP contribution < -0.4 is 5.32 Å². The molecule has 166 valence electrons. The van der Waals surface area contributed by atoms with Crippen molar-refractivity contribution < 1.29 is 21.6 Å². The normalized spacial score (nSPS) is 24.5. The SMILES string of the molecule is O=C(NC1CC1)C1CCCN(S(=O)(=O)c2ccc(S(=O)(=O)N3CCCCC3)cc2)C1. The van der Waals surface area contributed by atoms with E-state index in [9.17, 15) is 21.6 Å². The predicted molar refractivity (Wildman–Crippen MR) is 112 cm³/mol. The Hall–Kier alpha value is -1.49. The van der Waals surface area contributed by atoms with Crippen LogP contribution in [0.2, 0.25) is 0 Å². The zero-order valence-corrected chi connectivity index (χ0v) is 18.6. The summed E-state index contributed by atoms with van der Waals surface area (Å²) in [5.74, 6) is -0.409. The van der Waals surface area contributed by atoms with Crippen molar-refractivity contribution in [2.75, 3.05) is 26.2 Å². The number of nitrogens with zero attached hydrogens (tertiary/aromatic N) is 2. The summed E-state index contributed by atoms with van der Waals surface area (Å²) < 4.78 is 54.6. The second-order valence-corrected chi connectivity index (χ2v) is 12.3. The van der Waals surface area contributed by atoms with Gasteiger partial charge in [0.2, 0.25) is 26.0 Å². The van der Waals surface area contributed by atoms with Gasteiger partial charge >= 0.3 is 0 Å². The lowest BCUT2D eigenvalue weighted by molar-refractivity contribution is -0.126. The highest BCUT2D eigenvalue weighted by Gasteiger charge is 2.35. The van der Waals surface area contributed by atoms with Gasteiger partial charge in [0, 0.05) is 32.2 Å². The number of benzene rings is 1. The molecule has 1 aromatic carbocycles. The Morgan fingerprint density at radius 2 is 1.30 bits per heavy atom. The second kappa shape index (κ2) is 8.57. The molecule has 1 atom stereocenters. The molecule has 2 heterocycles. The smallest absolute Gasteiger partial charge is 0.243 e. The van der Waals surface area contributed by atoms with E-state index in [1.807, 2.05) is 0 Å². The summed E-state index contributed by atoms with van der Waals surface area (Å²) in [7, 11) is -7.39. The third-order valence-corrected chi connectivity index (χ3v) is 9.89. The number of piperidine rings is 2. The minimum atomic E-state index is -3.78. The van der Waals surface area contributed by atoms with E-state index in [2.05, 4.69) is 5.32 Å². The zero-order chi connectivity index (χ0) is 21.4. The average molecular weight is 456 g/mol. The lowest BCUT2D eigenvalue weighted by Gasteiger charge is -2.31. The number of carbonyl (C=O) groups is 1. The van der Waals surface area contributed by atoms with Crippen LogP contribution in [0.4, 0.5) is 0 Å². The molecule has 1 unspecified atom stereocenters. The van der Waals surface area contributed by atoms with E-state index in [1.54, 1.807) is 0 Å². The number of amides is 1. The Balaban J connectivity index is 1.47. The molecule has 0 spiro atoms. The Morgan fingerprint density at radius 3 is 1.87 bits per heavy atom. The molecule has 1 aliphatic carbocycles. The van der Waals surface area contributed by atoms with Gasteiger partial charge in [-0.25, -0.2) is 16.8 Å². The fraction of sp³-hybridized carbons (Fsp3) is 0.650. The van der Waals surface area contributed by atoms with E-state index < -0.39 is 20.0 Å². The Kier molecular flexibility index (Phi) is 6.20. The molecule has 30 heavy (non-hydrogen) atoms. The summed E-state index contributed by atoms with van der Waals surface area (Å²) in [6.45, 7) is 1.53. The maximum absolute atomic E-state index is 13.1. The Labute approximate surface area is 178 Å². The van der Waals surface area contributed by atoms with Crippen LogP contribution in [0.5, 0.6) is 0 Å². The maximum atomic E-state index is 13.1. The average Bonchev–Trinajstić information content (AvgIpc) is 3.58. The lowest BCUT2D eigenvalue weighted by atomic mass is 9.99. The highest BCUT2D eigenvalue weighted by molar-refractivity contribution is 7.89. The summed E-state index contributed by atoms with van der Waals surface area (Å²) in [6.07, 6.45) is 6.01. The molecule has 1 saturated carbocycles. The summed E-state index contributed by atoms with van der Waals surface area (Å²) in [6, 6.07) is 5.72. The van der Waals surface area contributed by atoms with Crippen LogP contribution in [0.15, 0.2) is 34.1 Å². The van der Waals surface area contributed by atoms with E-state index in [-0.39, 0.29) is 34.2 Å². The van der Waals surface area contributed by atoms with Crippen molar-refractivity contribution in [3.63, 3.8) is 0 Å². The van der Waals surface area contributed by atoms with Crippen molar-refractivity contribution in [2.45, 2.75) is 60.8 Å². The van der Waals surface area contributed by atoms with Gasteiger partial charge in [-0.1, -0.05) is 6.42 Å². The van der Waals surface area contributed by atoms with Gasteiger partial charge in [-0.05, 0) is 62.8 Å². The van der Waals surface area contributed by atoms with Crippen molar-refractivity contribution in [3.8, 4) is 0 Å². The van der Waals surface area contributed by atoms with Gasteiger partial charge < -0.3 is 5.32 Å². The monoisotopic (exact) mass is 455 g/mol. The molecule has 0 aromatic heterocycles. The second-order valence-electron chi connectivity index (χ2n) is 8.42. The van der Waals surface area contributed by atoms with E-state index in [0.717, 1.165) is 32.1 Å². The number of carbonyl (C=O) groups excluding carboxylic acids is 1. The fourth-order valence-electron chi connectivity index (χ4n) is 4.11. The van der Waals surface area contributed by atoms with Crippen molar-refractivity contribution in [1.82, 2.24) is 13.9 Å². The van der Waals surface area contributed by atoms with Gasteiger partial charge in [-0.2, -0.15) is 8.61 Å². The van der Waals surface area contributed by atoms with Crippen molar-refractivity contribution in [2.24, 2.45) is 5.92 Å². The van der Waals surface area contributed by atoms with Gasteiger partial charge in [0.1, 0.15) is 0 Å². The molecule has 4 rings (SSSR count). The third-order valence-electron chi connectivity index (χ3n) is 6.09. The van der Waals surface area contributed by atoms with Gasteiger partial charge in [-0.15, -0.1) is 0 Å². The number of nitrogens with one attached hydrogen (secondary N) is 1. The van der Waals surface area contributed by atoms with Gasteiger partial charge in [0.05, 0.1) is 15.7 Å². The van der Waals surface area contributed by atoms with E-state index >= 15 is 0 Å². The van der Waals surface area contributed by atoms with Crippen LogP contribution in [-0.4, -0.2) is 63.6 Å². The first-order valence-corrected chi connectivity index (χ1v) is 13.6. The molecule has 10 heteroatoms. The molecule has 1 aromatic rings. The molecule has 0 radical (unpaired) electrons. The maximum Gasteiger partial charge on any atom is 0.243 e. The fourth-order valence-corrected chi connectivity index (χ4v) is 7.15. The first-order valence-electron chi connectivity index (χ1n) is 10.7. The summed E-state index contributed by atoms with van der Waals surface area (Å²) in [4.78, 5) is 12.5. The molecule has 8 nitrogen and oxygen atoms in total. The number of hydrogen-bond acceptors (Lipinski definition) is 5. The van der Waals surface area contributed by atoms with Crippen LogP contribution in [0, 0.1) is 5.92 Å². The molecule has 1 amide bonds. The van der Waals surface area contributed by atoms with Crippen molar-refractivity contribution in [1.29, 1.82) is 0 Å². The van der Waals surface area contributed by atoms with Crippen molar-refractivity contribution >= 4 is 26.0 Å². The highest BCUT2D eigenvalue weighted by atomic mass is 32.2. The molecular formula is C20H29N3O5S2. The minimum absolute atomic E-state index is 0.0587. The standard InChI is InChI=1S/C20H29N3O5S2/c24-20(21-17-6-7-17)16-5-4-14-23(15-16)30(27,28)19-10-8-18(9-11-19)29(25,26)22-12-2-1-3-13-22/h8-11,16-17H,1-7,12-15H2,(H,21,24). The summed E-state index contributed by atoms with van der Waals surface area (Å²) in [5, 5.41) is 2.96. The largest absolute Gasteiger partial charge is 0.353 e. The number of sulfonamides is 2. The van der Waals surface area contributed by atoms with Crippen LogP contribution in [0.1, 0.15) is 44.9 Å². The molecule has 0 bridgehead atoms. The Morgan fingerprint density at radius 1 is 0.767 bits per heavy atom.